The van der Waals surface area contributed by atoms with E-state index < -0.39 is 0 Å². The highest BCUT2D eigenvalue weighted by Crippen LogP contribution is 2.29. The van der Waals surface area contributed by atoms with Crippen LogP contribution in [0.25, 0.3) is 11.0 Å². The molecule has 0 aliphatic rings. The van der Waals surface area contributed by atoms with Gasteiger partial charge >= 0.3 is 0 Å². The SMILES string of the molecule is CC[C@@H](C)n1c(C)c(C(=O)NCc2c(C)cc(C)[nH]c2=O)c2cnc(C(C)C)nc21. The zero-order chi connectivity index (χ0) is 22.2. The van der Waals surface area contributed by atoms with E-state index in [4.69, 9.17) is 4.98 Å². The highest BCUT2D eigenvalue weighted by atomic mass is 16.2. The average molecular weight is 410 g/mol. The summed E-state index contributed by atoms with van der Waals surface area (Å²) in [6.07, 6.45) is 2.67. The lowest BCUT2D eigenvalue weighted by molar-refractivity contribution is 0.0951. The van der Waals surface area contributed by atoms with Gasteiger partial charge in [0.2, 0.25) is 0 Å². The first kappa shape index (κ1) is 21.7. The van der Waals surface area contributed by atoms with E-state index in [9.17, 15) is 9.59 Å². The number of aromatic amines is 1. The van der Waals surface area contributed by atoms with Gasteiger partial charge in [0.25, 0.3) is 11.5 Å². The van der Waals surface area contributed by atoms with Crippen LogP contribution in [0.2, 0.25) is 0 Å². The average Bonchev–Trinajstić information content (AvgIpc) is 2.97. The Kier molecular flexibility index (Phi) is 6.10. The molecular weight excluding hydrogens is 378 g/mol. The molecule has 0 unspecified atom stereocenters. The number of hydrogen-bond donors (Lipinski definition) is 2. The molecule has 0 aliphatic carbocycles. The summed E-state index contributed by atoms with van der Waals surface area (Å²) in [6.45, 7) is 14.2. The second-order valence-electron chi connectivity index (χ2n) is 8.33. The number of hydrogen-bond acceptors (Lipinski definition) is 4. The number of carbonyl (C=O) groups is 1. The number of nitrogens with zero attached hydrogens (tertiary/aromatic N) is 3. The number of pyridine rings is 1. The quantitative estimate of drug-likeness (QED) is 0.642. The molecule has 0 saturated carbocycles. The van der Waals surface area contributed by atoms with Gasteiger partial charge in [0, 0.05) is 41.7 Å². The molecule has 0 aliphatic heterocycles. The number of aromatic nitrogens is 4. The van der Waals surface area contributed by atoms with Gasteiger partial charge in [0.1, 0.15) is 11.5 Å². The first-order chi connectivity index (χ1) is 14.1. The van der Waals surface area contributed by atoms with Crippen LogP contribution in [-0.4, -0.2) is 25.4 Å². The van der Waals surface area contributed by atoms with E-state index in [1.807, 2.05) is 26.8 Å². The second kappa shape index (κ2) is 8.42. The van der Waals surface area contributed by atoms with Gasteiger partial charge < -0.3 is 14.9 Å². The van der Waals surface area contributed by atoms with E-state index in [1.165, 1.54) is 0 Å². The smallest absolute Gasteiger partial charge is 0.254 e. The third-order valence-electron chi connectivity index (χ3n) is 5.70. The van der Waals surface area contributed by atoms with Crippen LogP contribution >= 0.6 is 0 Å². The molecule has 30 heavy (non-hydrogen) atoms. The maximum absolute atomic E-state index is 13.2. The standard InChI is InChI=1S/C23H31N5O2/c1-8-15(6)28-16(7)19(18-11-24-20(12(2)3)27-21(18)28)23(30)25-10-17-13(4)9-14(5)26-22(17)29/h9,11-12,15H,8,10H2,1-7H3,(H,25,30)(H,26,29)/t15-/m1/s1. The highest BCUT2D eigenvalue weighted by Gasteiger charge is 2.24. The molecule has 7 heteroatoms. The minimum absolute atomic E-state index is 0.167. The third-order valence-corrected chi connectivity index (χ3v) is 5.70. The summed E-state index contributed by atoms with van der Waals surface area (Å²) in [5.74, 6) is 0.738. The van der Waals surface area contributed by atoms with Crippen LogP contribution in [0.5, 0.6) is 0 Å². The van der Waals surface area contributed by atoms with Gasteiger partial charge in [-0.05, 0) is 45.7 Å². The van der Waals surface area contributed by atoms with Crippen LogP contribution in [0.15, 0.2) is 17.1 Å². The molecule has 7 nitrogen and oxygen atoms in total. The zero-order valence-corrected chi connectivity index (χ0v) is 18.9. The first-order valence-corrected chi connectivity index (χ1v) is 10.5. The summed E-state index contributed by atoms with van der Waals surface area (Å²) >= 11 is 0. The molecule has 0 aromatic carbocycles. The molecule has 0 radical (unpaired) electrons. The Balaban J connectivity index is 2.04. The Morgan fingerprint density at radius 2 is 1.93 bits per heavy atom. The minimum Gasteiger partial charge on any atom is -0.348 e. The van der Waals surface area contributed by atoms with Crippen LogP contribution in [0.4, 0.5) is 0 Å². The summed E-state index contributed by atoms with van der Waals surface area (Å²) in [5, 5.41) is 3.67. The van der Waals surface area contributed by atoms with Crippen molar-refractivity contribution in [1.29, 1.82) is 0 Å². The van der Waals surface area contributed by atoms with Crippen LogP contribution in [0.1, 0.15) is 84.8 Å². The number of H-pyrrole nitrogens is 1. The molecule has 0 spiro atoms. The van der Waals surface area contributed by atoms with Crippen LogP contribution in [0, 0.1) is 20.8 Å². The number of rotatable bonds is 6. The Morgan fingerprint density at radius 1 is 1.23 bits per heavy atom. The molecule has 0 bridgehead atoms. The van der Waals surface area contributed by atoms with Gasteiger partial charge in [-0.25, -0.2) is 9.97 Å². The predicted octanol–water partition coefficient (Wildman–Crippen LogP) is 4.07. The number of amides is 1. The lowest BCUT2D eigenvalue weighted by Gasteiger charge is -2.15. The number of carbonyl (C=O) groups excluding carboxylic acids is 1. The summed E-state index contributed by atoms with van der Waals surface area (Å²) in [4.78, 5) is 37.5. The van der Waals surface area contributed by atoms with Crippen molar-refractivity contribution in [3.05, 3.63) is 56.5 Å². The normalized spacial score (nSPS) is 12.5. The van der Waals surface area contributed by atoms with Gasteiger partial charge in [0.05, 0.1) is 10.9 Å². The van der Waals surface area contributed by atoms with Crippen molar-refractivity contribution in [2.24, 2.45) is 0 Å². The maximum atomic E-state index is 13.2. The number of fused-ring (bicyclic) bond motifs is 1. The van der Waals surface area contributed by atoms with E-state index in [1.54, 1.807) is 6.20 Å². The van der Waals surface area contributed by atoms with Crippen molar-refractivity contribution in [1.82, 2.24) is 24.8 Å². The fourth-order valence-electron chi connectivity index (χ4n) is 3.87. The van der Waals surface area contributed by atoms with Gasteiger partial charge in [-0.15, -0.1) is 0 Å². The zero-order valence-electron chi connectivity index (χ0n) is 18.9. The molecule has 3 rings (SSSR count). The van der Waals surface area contributed by atoms with Crippen molar-refractivity contribution in [2.45, 2.75) is 73.4 Å². The molecule has 160 valence electrons. The summed E-state index contributed by atoms with van der Waals surface area (Å²) in [5.41, 5.74) is 4.28. The minimum atomic E-state index is -0.222. The Hall–Kier alpha value is -2.96. The molecule has 1 amide bonds. The van der Waals surface area contributed by atoms with Crippen LogP contribution in [0.3, 0.4) is 0 Å². The summed E-state index contributed by atoms with van der Waals surface area (Å²) < 4.78 is 2.13. The van der Waals surface area contributed by atoms with Crippen LogP contribution < -0.4 is 10.9 Å². The second-order valence-corrected chi connectivity index (χ2v) is 8.33. The van der Waals surface area contributed by atoms with E-state index in [0.29, 0.717) is 11.1 Å². The third kappa shape index (κ3) is 3.88. The fourth-order valence-corrected chi connectivity index (χ4v) is 3.87. The largest absolute Gasteiger partial charge is 0.348 e. The Labute approximate surface area is 177 Å². The molecule has 3 heterocycles. The van der Waals surface area contributed by atoms with Crippen molar-refractivity contribution in [3.8, 4) is 0 Å². The molecule has 0 saturated heterocycles. The molecule has 1 atom stereocenters. The number of aryl methyl sites for hydroxylation is 2. The van der Waals surface area contributed by atoms with E-state index in [-0.39, 0.29) is 30.0 Å². The van der Waals surface area contributed by atoms with Crippen molar-refractivity contribution in [2.75, 3.05) is 0 Å². The lowest BCUT2D eigenvalue weighted by Crippen LogP contribution is -2.28. The van der Waals surface area contributed by atoms with Gasteiger partial charge in [-0.1, -0.05) is 20.8 Å². The first-order valence-electron chi connectivity index (χ1n) is 10.5. The maximum Gasteiger partial charge on any atom is 0.254 e. The summed E-state index contributed by atoms with van der Waals surface area (Å²) in [7, 11) is 0. The van der Waals surface area contributed by atoms with E-state index >= 15 is 0 Å². The molecule has 3 aromatic heterocycles. The van der Waals surface area contributed by atoms with Crippen molar-refractivity contribution < 1.29 is 4.79 Å². The topological polar surface area (TPSA) is 92.7 Å². The highest BCUT2D eigenvalue weighted by molar-refractivity contribution is 6.07. The fraction of sp³-hybridized carbons (Fsp3) is 0.478. The van der Waals surface area contributed by atoms with E-state index in [2.05, 4.69) is 47.5 Å². The Morgan fingerprint density at radius 3 is 2.53 bits per heavy atom. The molecular formula is C23H31N5O2. The van der Waals surface area contributed by atoms with Gasteiger partial charge in [0.15, 0.2) is 0 Å². The predicted molar refractivity (Wildman–Crippen MR) is 119 cm³/mol. The van der Waals surface area contributed by atoms with Crippen molar-refractivity contribution in [3.63, 3.8) is 0 Å². The monoisotopic (exact) mass is 409 g/mol. The van der Waals surface area contributed by atoms with Crippen LogP contribution in [-0.2, 0) is 6.54 Å². The molecule has 2 N–H and O–H groups in total. The van der Waals surface area contributed by atoms with E-state index in [0.717, 1.165) is 40.2 Å². The van der Waals surface area contributed by atoms with Crippen molar-refractivity contribution >= 4 is 16.9 Å². The lowest BCUT2D eigenvalue weighted by atomic mass is 10.1. The number of nitrogens with one attached hydrogen (secondary N) is 2. The summed E-state index contributed by atoms with van der Waals surface area (Å²) in [6, 6.07) is 2.11. The van der Waals surface area contributed by atoms with Gasteiger partial charge in [-0.2, -0.15) is 0 Å². The molecule has 3 aromatic rings. The van der Waals surface area contributed by atoms with Gasteiger partial charge in [-0.3, -0.25) is 9.59 Å². The Bertz CT molecular complexity index is 1160. The molecule has 0 fully saturated rings.